The van der Waals surface area contributed by atoms with E-state index in [1.807, 2.05) is 6.92 Å². The maximum absolute atomic E-state index is 12.5. The molecule has 21 heavy (non-hydrogen) atoms. The minimum absolute atomic E-state index is 0.127. The van der Waals surface area contributed by atoms with Crippen LogP contribution in [0.1, 0.15) is 33.1 Å². The van der Waals surface area contributed by atoms with Gasteiger partial charge in [-0.05, 0) is 38.6 Å². The van der Waals surface area contributed by atoms with Crippen LogP contribution in [-0.4, -0.2) is 40.4 Å². The number of nitrogens with one attached hydrogen (secondary N) is 1. The molecular weight excluding hydrogens is 286 g/mol. The van der Waals surface area contributed by atoms with E-state index in [9.17, 15) is 4.79 Å². The number of carbonyl (C=O) groups is 1. The molecule has 1 saturated carbocycles. The van der Waals surface area contributed by atoms with Gasteiger partial charge in [-0.3, -0.25) is 9.78 Å². The van der Waals surface area contributed by atoms with Crippen LogP contribution in [0.5, 0.6) is 0 Å². The number of hydrogen-bond donors (Lipinski definition) is 1. The molecule has 0 bridgehead atoms. The molecule has 6 heteroatoms. The summed E-state index contributed by atoms with van der Waals surface area (Å²) in [4.78, 5) is 20.9. The highest BCUT2D eigenvalue weighted by atomic mass is 32.2. The van der Waals surface area contributed by atoms with E-state index in [0.29, 0.717) is 18.3 Å². The summed E-state index contributed by atoms with van der Waals surface area (Å²) in [6.45, 7) is 5.18. The molecule has 0 saturated heterocycles. The summed E-state index contributed by atoms with van der Waals surface area (Å²) in [5.41, 5.74) is -0.589. The third-order valence-corrected chi connectivity index (χ3v) is 4.70. The van der Waals surface area contributed by atoms with Crippen molar-refractivity contribution in [3.63, 3.8) is 0 Å². The summed E-state index contributed by atoms with van der Waals surface area (Å²) in [7, 11) is 0. The first-order valence-electron chi connectivity index (χ1n) is 7.54. The molecule has 0 aromatic carbocycles. The highest BCUT2D eigenvalue weighted by Crippen LogP contribution is 2.43. The van der Waals surface area contributed by atoms with E-state index in [-0.39, 0.29) is 5.97 Å². The molecule has 1 unspecified atom stereocenters. The maximum Gasteiger partial charge on any atom is 0.327 e. The fraction of sp³-hybridized carbons (Fsp3) is 0.667. The molecule has 5 nitrogen and oxygen atoms in total. The van der Waals surface area contributed by atoms with Crippen molar-refractivity contribution in [2.75, 3.05) is 18.9 Å². The van der Waals surface area contributed by atoms with Gasteiger partial charge in [0.25, 0.3) is 0 Å². The van der Waals surface area contributed by atoms with Crippen molar-refractivity contribution >= 4 is 17.7 Å². The lowest BCUT2D eigenvalue weighted by molar-refractivity contribution is -0.151. The molecule has 0 amide bonds. The lowest BCUT2D eigenvalue weighted by Crippen LogP contribution is -2.57. The molecule has 0 radical (unpaired) electrons. The van der Waals surface area contributed by atoms with Crippen LogP contribution in [0.3, 0.4) is 0 Å². The lowest BCUT2D eigenvalue weighted by Gasteiger charge is -2.32. The van der Waals surface area contributed by atoms with Crippen LogP contribution in [-0.2, 0) is 9.53 Å². The number of nitrogens with zero attached hydrogens (tertiary/aromatic N) is 2. The Balaban J connectivity index is 2.11. The SMILES string of the molecule is CCCNC(CSc1cnccn1)(C(=O)OCC)C1CC1. The fourth-order valence-corrected chi connectivity index (χ4v) is 3.44. The van der Waals surface area contributed by atoms with E-state index >= 15 is 0 Å². The molecule has 0 spiro atoms. The van der Waals surface area contributed by atoms with Crippen molar-refractivity contribution in [1.82, 2.24) is 15.3 Å². The zero-order valence-electron chi connectivity index (χ0n) is 12.7. The number of hydrogen-bond acceptors (Lipinski definition) is 6. The van der Waals surface area contributed by atoms with E-state index in [2.05, 4.69) is 22.2 Å². The average molecular weight is 309 g/mol. The Kier molecular flexibility index (Phi) is 5.99. The van der Waals surface area contributed by atoms with Gasteiger partial charge in [0, 0.05) is 18.1 Å². The van der Waals surface area contributed by atoms with Gasteiger partial charge in [0.15, 0.2) is 0 Å². The maximum atomic E-state index is 12.5. The molecule has 1 aliphatic carbocycles. The van der Waals surface area contributed by atoms with Gasteiger partial charge in [0.2, 0.25) is 0 Å². The van der Waals surface area contributed by atoms with Crippen molar-refractivity contribution in [2.24, 2.45) is 5.92 Å². The molecule has 1 atom stereocenters. The number of esters is 1. The largest absolute Gasteiger partial charge is 0.465 e. The van der Waals surface area contributed by atoms with E-state index in [0.717, 1.165) is 30.8 Å². The van der Waals surface area contributed by atoms with Crippen LogP contribution >= 0.6 is 11.8 Å². The van der Waals surface area contributed by atoms with Crippen molar-refractivity contribution in [3.05, 3.63) is 18.6 Å². The van der Waals surface area contributed by atoms with Crippen LogP contribution in [0.4, 0.5) is 0 Å². The number of ether oxygens (including phenoxy) is 1. The van der Waals surface area contributed by atoms with Gasteiger partial charge in [-0.15, -0.1) is 11.8 Å². The molecule has 0 aliphatic heterocycles. The molecular formula is C15H23N3O2S. The lowest BCUT2D eigenvalue weighted by atomic mass is 9.95. The van der Waals surface area contributed by atoms with Crippen molar-refractivity contribution in [3.8, 4) is 0 Å². The van der Waals surface area contributed by atoms with E-state index in [1.165, 1.54) is 0 Å². The first-order valence-corrected chi connectivity index (χ1v) is 8.52. The van der Waals surface area contributed by atoms with Gasteiger partial charge >= 0.3 is 5.97 Å². The Morgan fingerprint density at radius 2 is 2.29 bits per heavy atom. The Bertz CT molecular complexity index is 453. The third-order valence-electron chi connectivity index (χ3n) is 3.59. The first-order chi connectivity index (χ1) is 10.2. The van der Waals surface area contributed by atoms with E-state index in [4.69, 9.17) is 4.74 Å². The Morgan fingerprint density at radius 3 is 2.86 bits per heavy atom. The number of carbonyl (C=O) groups excluding carboxylic acids is 1. The Morgan fingerprint density at radius 1 is 1.48 bits per heavy atom. The summed E-state index contributed by atoms with van der Waals surface area (Å²) in [5.74, 6) is 0.875. The van der Waals surface area contributed by atoms with Crippen molar-refractivity contribution in [2.45, 2.75) is 43.7 Å². The van der Waals surface area contributed by atoms with Gasteiger partial charge in [-0.2, -0.15) is 0 Å². The smallest absolute Gasteiger partial charge is 0.327 e. The standard InChI is InChI=1S/C15H23N3O2S/c1-3-7-18-15(12-5-6-12,14(19)20-4-2)11-21-13-10-16-8-9-17-13/h8-10,12,18H,3-7,11H2,1-2H3. The molecule has 1 aliphatic rings. The van der Waals surface area contributed by atoms with Crippen LogP contribution in [0.2, 0.25) is 0 Å². The third kappa shape index (κ3) is 4.17. The second-order valence-corrected chi connectivity index (χ2v) is 6.22. The van der Waals surface area contributed by atoms with Gasteiger partial charge < -0.3 is 10.1 Å². The van der Waals surface area contributed by atoms with Crippen LogP contribution in [0, 0.1) is 5.92 Å². The predicted octanol–water partition coefficient (Wildman–Crippen LogP) is 2.28. The van der Waals surface area contributed by atoms with Gasteiger partial charge in [-0.1, -0.05) is 6.92 Å². The molecule has 1 aromatic rings. The Labute approximate surface area is 130 Å². The molecule has 1 N–H and O–H groups in total. The predicted molar refractivity (Wildman–Crippen MR) is 83.1 cm³/mol. The Hall–Kier alpha value is -1.14. The summed E-state index contributed by atoms with van der Waals surface area (Å²) in [6.07, 6.45) is 8.20. The molecule has 2 rings (SSSR count). The highest BCUT2D eigenvalue weighted by Gasteiger charge is 2.51. The molecule has 1 fully saturated rings. The van der Waals surface area contributed by atoms with Crippen LogP contribution < -0.4 is 5.32 Å². The highest BCUT2D eigenvalue weighted by molar-refractivity contribution is 7.99. The summed E-state index contributed by atoms with van der Waals surface area (Å²) in [5, 5.41) is 4.29. The van der Waals surface area contributed by atoms with E-state index in [1.54, 1.807) is 30.4 Å². The molecule has 1 heterocycles. The number of rotatable bonds is 9. The average Bonchev–Trinajstić information content (AvgIpc) is 3.34. The number of aromatic nitrogens is 2. The second-order valence-electron chi connectivity index (χ2n) is 5.23. The quantitative estimate of drug-likeness (QED) is 0.558. The van der Waals surface area contributed by atoms with Gasteiger partial charge in [-0.25, -0.2) is 4.98 Å². The summed E-state index contributed by atoms with van der Waals surface area (Å²) in [6, 6.07) is 0. The van der Waals surface area contributed by atoms with Crippen molar-refractivity contribution < 1.29 is 9.53 Å². The summed E-state index contributed by atoms with van der Waals surface area (Å²) < 4.78 is 5.34. The zero-order chi connectivity index (χ0) is 15.1. The minimum Gasteiger partial charge on any atom is -0.465 e. The van der Waals surface area contributed by atoms with Crippen LogP contribution in [0.15, 0.2) is 23.6 Å². The van der Waals surface area contributed by atoms with Gasteiger partial charge in [0.05, 0.1) is 12.8 Å². The molecule has 116 valence electrons. The van der Waals surface area contributed by atoms with Gasteiger partial charge in [0.1, 0.15) is 10.6 Å². The van der Waals surface area contributed by atoms with Crippen molar-refractivity contribution in [1.29, 1.82) is 0 Å². The van der Waals surface area contributed by atoms with Crippen LogP contribution in [0.25, 0.3) is 0 Å². The van der Waals surface area contributed by atoms with E-state index < -0.39 is 5.54 Å². The fourth-order valence-electron chi connectivity index (χ4n) is 2.34. The minimum atomic E-state index is -0.589. The normalized spacial score (nSPS) is 17.2. The summed E-state index contributed by atoms with van der Waals surface area (Å²) >= 11 is 1.56. The zero-order valence-corrected chi connectivity index (χ0v) is 13.5. The first kappa shape index (κ1) is 16.2. The topological polar surface area (TPSA) is 64.1 Å². The monoisotopic (exact) mass is 309 g/mol. The molecule has 1 aromatic heterocycles. The second kappa shape index (κ2) is 7.75. The number of thioether (sulfide) groups is 1.